The number of fused-ring (bicyclic) bond motifs is 1. The summed E-state index contributed by atoms with van der Waals surface area (Å²) in [6, 6.07) is 3.95. The molecule has 0 radical (unpaired) electrons. The average Bonchev–Trinajstić information content (AvgIpc) is 2.34. The molecule has 1 amide bonds. The molecule has 0 aromatic heterocycles. The summed E-state index contributed by atoms with van der Waals surface area (Å²) in [6.07, 6.45) is 0.764. The van der Waals surface area contributed by atoms with Gasteiger partial charge in [0.15, 0.2) is 0 Å². The lowest BCUT2D eigenvalue weighted by Crippen LogP contribution is -2.37. The molecule has 1 aromatic rings. The Bertz CT molecular complexity index is 457. The second-order valence-electron chi connectivity index (χ2n) is 4.50. The van der Waals surface area contributed by atoms with Gasteiger partial charge in [0.25, 0.3) is 0 Å². The van der Waals surface area contributed by atoms with Gasteiger partial charge in [-0.25, -0.2) is 0 Å². The molecular formula is C13H18N2O2. The summed E-state index contributed by atoms with van der Waals surface area (Å²) in [5, 5.41) is 0. The Morgan fingerprint density at radius 2 is 2.24 bits per heavy atom. The van der Waals surface area contributed by atoms with Gasteiger partial charge in [0.1, 0.15) is 5.75 Å². The van der Waals surface area contributed by atoms with Crippen LogP contribution in [0, 0.1) is 5.92 Å². The second kappa shape index (κ2) is 4.37. The molecule has 1 aromatic carbocycles. The molecule has 0 aliphatic carbocycles. The highest BCUT2D eigenvalue weighted by Gasteiger charge is 2.28. The fraction of sp³-hybridized carbons (Fsp3) is 0.462. The molecule has 0 saturated carbocycles. The Morgan fingerprint density at radius 1 is 1.53 bits per heavy atom. The van der Waals surface area contributed by atoms with Gasteiger partial charge in [0, 0.05) is 30.8 Å². The summed E-state index contributed by atoms with van der Waals surface area (Å²) < 4.78 is 5.32. The van der Waals surface area contributed by atoms with Gasteiger partial charge in [0.05, 0.1) is 7.11 Å². The number of benzene rings is 1. The van der Waals surface area contributed by atoms with Crippen LogP contribution in [0.15, 0.2) is 12.1 Å². The van der Waals surface area contributed by atoms with Crippen LogP contribution in [0.1, 0.15) is 18.1 Å². The molecule has 4 heteroatoms. The molecule has 2 rings (SSSR count). The number of nitrogens with two attached hydrogens (primary N) is 1. The van der Waals surface area contributed by atoms with Crippen LogP contribution >= 0.6 is 0 Å². The predicted octanol–water partition coefficient (Wildman–Crippen LogP) is 1.31. The number of nitrogens with zero attached hydrogens (tertiary/aromatic N) is 1. The van der Waals surface area contributed by atoms with Crippen LogP contribution in [0.25, 0.3) is 0 Å². The first-order chi connectivity index (χ1) is 8.08. The van der Waals surface area contributed by atoms with Crippen molar-refractivity contribution in [3.8, 4) is 5.75 Å². The Hall–Kier alpha value is -1.55. The molecule has 1 aliphatic rings. The van der Waals surface area contributed by atoms with Gasteiger partial charge in [0.2, 0.25) is 5.91 Å². The summed E-state index contributed by atoms with van der Waals surface area (Å²) in [5.41, 5.74) is 8.71. The molecule has 0 spiro atoms. The Labute approximate surface area is 101 Å². The van der Waals surface area contributed by atoms with E-state index in [4.69, 9.17) is 10.5 Å². The minimum Gasteiger partial charge on any atom is -0.496 e. The number of rotatable bonds is 2. The summed E-state index contributed by atoms with van der Waals surface area (Å²) in [4.78, 5) is 13.6. The second-order valence-corrected chi connectivity index (χ2v) is 4.50. The monoisotopic (exact) mass is 234 g/mol. The normalized spacial score (nSPS) is 19.2. The average molecular weight is 234 g/mol. The maximum Gasteiger partial charge on any atom is 0.229 e. The molecular weight excluding hydrogens is 216 g/mol. The van der Waals surface area contributed by atoms with E-state index in [9.17, 15) is 4.79 Å². The van der Waals surface area contributed by atoms with Crippen molar-refractivity contribution in [2.75, 3.05) is 19.1 Å². The molecule has 0 fully saturated rings. The van der Waals surface area contributed by atoms with Crippen LogP contribution in [0.5, 0.6) is 5.75 Å². The van der Waals surface area contributed by atoms with E-state index in [0.29, 0.717) is 6.54 Å². The van der Waals surface area contributed by atoms with E-state index in [-0.39, 0.29) is 11.8 Å². The lowest BCUT2D eigenvalue weighted by atomic mass is 9.92. The van der Waals surface area contributed by atoms with E-state index in [1.54, 1.807) is 12.0 Å². The fourth-order valence-corrected chi connectivity index (χ4v) is 2.35. The molecule has 1 heterocycles. The number of hydrogen-bond donors (Lipinski definition) is 1. The van der Waals surface area contributed by atoms with Crippen molar-refractivity contribution in [1.82, 2.24) is 0 Å². The zero-order valence-corrected chi connectivity index (χ0v) is 10.5. The first-order valence-corrected chi connectivity index (χ1v) is 5.76. The zero-order chi connectivity index (χ0) is 12.6. The van der Waals surface area contributed by atoms with Crippen LogP contribution in [0.3, 0.4) is 0 Å². The highest BCUT2D eigenvalue weighted by Crippen LogP contribution is 2.34. The van der Waals surface area contributed by atoms with E-state index < -0.39 is 0 Å². The van der Waals surface area contributed by atoms with Crippen LogP contribution in [-0.2, 0) is 17.8 Å². The van der Waals surface area contributed by atoms with Gasteiger partial charge in [-0.15, -0.1) is 0 Å². The van der Waals surface area contributed by atoms with Crippen molar-refractivity contribution in [1.29, 1.82) is 0 Å². The van der Waals surface area contributed by atoms with Gasteiger partial charge < -0.3 is 15.4 Å². The third-order valence-corrected chi connectivity index (χ3v) is 3.34. The Balaban J connectivity index is 2.53. The lowest BCUT2D eigenvalue weighted by Gasteiger charge is -2.30. The quantitative estimate of drug-likeness (QED) is 0.839. The fourth-order valence-electron chi connectivity index (χ4n) is 2.35. The van der Waals surface area contributed by atoms with Gasteiger partial charge in [-0.2, -0.15) is 0 Å². The molecule has 0 saturated heterocycles. The van der Waals surface area contributed by atoms with Crippen molar-refractivity contribution < 1.29 is 9.53 Å². The third-order valence-electron chi connectivity index (χ3n) is 3.34. The highest BCUT2D eigenvalue weighted by atomic mass is 16.5. The van der Waals surface area contributed by atoms with Crippen molar-refractivity contribution in [2.45, 2.75) is 19.9 Å². The van der Waals surface area contributed by atoms with E-state index in [1.165, 1.54) is 0 Å². The molecule has 92 valence electrons. The Morgan fingerprint density at radius 3 is 2.82 bits per heavy atom. The number of anilines is 1. The van der Waals surface area contributed by atoms with Crippen LogP contribution in [0.2, 0.25) is 0 Å². The van der Waals surface area contributed by atoms with Gasteiger partial charge in [-0.05, 0) is 24.1 Å². The molecule has 17 heavy (non-hydrogen) atoms. The van der Waals surface area contributed by atoms with Crippen molar-refractivity contribution in [2.24, 2.45) is 11.7 Å². The zero-order valence-electron chi connectivity index (χ0n) is 10.5. The van der Waals surface area contributed by atoms with Crippen molar-refractivity contribution >= 4 is 11.6 Å². The molecule has 1 unspecified atom stereocenters. The summed E-state index contributed by atoms with van der Waals surface area (Å²) in [6.45, 7) is 2.36. The molecule has 4 nitrogen and oxygen atoms in total. The Kier molecular flexibility index (Phi) is 3.07. The van der Waals surface area contributed by atoms with Crippen molar-refractivity contribution in [3.05, 3.63) is 23.3 Å². The molecule has 1 aliphatic heterocycles. The van der Waals surface area contributed by atoms with Crippen molar-refractivity contribution in [3.63, 3.8) is 0 Å². The first kappa shape index (κ1) is 11.9. The van der Waals surface area contributed by atoms with Gasteiger partial charge >= 0.3 is 0 Å². The van der Waals surface area contributed by atoms with Crippen LogP contribution in [0.4, 0.5) is 5.69 Å². The topological polar surface area (TPSA) is 55.6 Å². The number of amides is 1. The van der Waals surface area contributed by atoms with Gasteiger partial charge in [-0.1, -0.05) is 6.92 Å². The SMILES string of the molecule is COc1cc2c(cc1CN)N(C)C(=O)C(C)C2. The van der Waals surface area contributed by atoms with Gasteiger partial charge in [-0.3, -0.25) is 4.79 Å². The first-order valence-electron chi connectivity index (χ1n) is 5.76. The van der Waals surface area contributed by atoms with Crippen LogP contribution < -0.4 is 15.4 Å². The lowest BCUT2D eigenvalue weighted by molar-refractivity contribution is -0.121. The number of carbonyl (C=O) groups excluding carboxylic acids is 1. The predicted molar refractivity (Wildman–Crippen MR) is 67.2 cm³/mol. The summed E-state index contributed by atoms with van der Waals surface area (Å²) in [5.74, 6) is 0.993. The molecule has 0 bridgehead atoms. The third kappa shape index (κ3) is 1.89. The van der Waals surface area contributed by atoms with E-state index in [2.05, 4.69) is 0 Å². The van der Waals surface area contributed by atoms with E-state index in [1.807, 2.05) is 26.1 Å². The number of carbonyl (C=O) groups is 1. The van der Waals surface area contributed by atoms with Crippen LogP contribution in [-0.4, -0.2) is 20.1 Å². The summed E-state index contributed by atoms with van der Waals surface area (Å²) in [7, 11) is 3.45. The maximum absolute atomic E-state index is 11.9. The largest absolute Gasteiger partial charge is 0.496 e. The van der Waals surface area contributed by atoms with E-state index >= 15 is 0 Å². The number of methoxy groups -OCH3 is 1. The van der Waals surface area contributed by atoms with E-state index in [0.717, 1.165) is 29.0 Å². The minimum atomic E-state index is 0.0286. The number of ether oxygens (including phenoxy) is 1. The molecule has 1 atom stereocenters. The maximum atomic E-state index is 11.9. The standard InChI is InChI=1S/C13H18N2O2/c1-8-4-9-6-12(17-3)10(7-14)5-11(9)15(2)13(8)16/h5-6,8H,4,7,14H2,1-3H3. The highest BCUT2D eigenvalue weighted by molar-refractivity contribution is 5.97. The number of hydrogen-bond acceptors (Lipinski definition) is 3. The molecule has 2 N–H and O–H groups in total. The summed E-state index contributed by atoms with van der Waals surface area (Å²) >= 11 is 0. The minimum absolute atomic E-state index is 0.0286. The smallest absolute Gasteiger partial charge is 0.229 e.